The van der Waals surface area contributed by atoms with Crippen LogP contribution in [-0.2, 0) is 20.2 Å². The van der Waals surface area contributed by atoms with Crippen molar-refractivity contribution in [2.24, 2.45) is 20.5 Å². The topological polar surface area (TPSA) is 210 Å². The van der Waals surface area contributed by atoms with Crippen molar-refractivity contribution in [3.8, 4) is 16.9 Å². The third kappa shape index (κ3) is 7.84. The van der Waals surface area contributed by atoms with E-state index in [1.165, 1.54) is 18.2 Å². The van der Waals surface area contributed by atoms with Gasteiger partial charge < -0.3 is 15.4 Å². The average Bonchev–Trinajstić information content (AvgIpc) is 3.04. The summed E-state index contributed by atoms with van der Waals surface area (Å²) < 4.78 is 69.1. The molecule has 6 aromatic carbocycles. The second-order valence-electron chi connectivity index (χ2n) is 10.0. The van der Waals surface area contributed by atoms with Gasteiger partial charge in [0.05, 0.1) is 27.6 Å². The van der Waals surface area contributed by atoms with Crippen molar-refractivity contribution < 1.29 is 90.2 Å². The third-order valence-corrected chi connectivity index (χ3v) is 8.90. The molecule has 0 aliphatic rings. The largest absolute Gasteiger partial charge is 1.00 e. The van der Waals surface area contributed by atoms with E-state index in [9.17, 15) is 31.0 Å². The summed E-state index contributed by atoms with van der Waals surface area (Å²) in [4.78, 5) is -0.867. The molecule has 16 heteroatoms. The fraction of sp³-hybridized carbons (Fsp3) is 0. The number of nitrogen functional groups attached to an aromatic ring is 1. The van der Waals surface area contributed by atoms with E-state index in [1.54, 1.807) is 78.9 Å². The molecule has 48 heavy (non-hydrogen) atoms. The van der Waals surface area contributed by atoms with E-state index in [0.717, 1.165) is 23.3 Å². The molecule has 0 unspecified atom stereocenters. The Morgan fingerprint density at radius 1 is 0.562 bits per heavy atom. The van der Waals surface area contributed by atoms with E-state index in [-0.39, 0.29) is 92.3 Å². The third-order valence-electron chi connectivity index (χ3n) is 7.13. The molecule has 0 radical (unpaired) electrons. The monoisotopic (exact) mass is 697 g/mol. The van der Waals surface area contributed by atoms with Crippen molar-refractivity contribution in [2.45, 2.75) is 9.79 Å². The van der Waals surface area contributed by atoms with Gasteiger partial charge in [-0.15, -0.1) is 5.11 Å². The summed E-state index contributed by atoms with van der Waals surface area (Å²) in [6.07, 6.45) is 0. The molecular formula is C32H21N5Na2O7S2. The van der Waals surface area contributed by atoms with Crippen LogP contribution in [0.1, 0.15) is 0 Å². The molecule has 0 amide bonds. The van der Waals surface area contributed by atoms with Crippen LogP contribution in [0, 0.1) is 0 Å². The predicted octanol–water partition coefficient (Wildman–Crippen LogP) is 1.31. The van der Waals surface area contributed by atoms with Crippen molar-refractivity contribution in [1.29, 1.82) is 0 Å². The van der Waals surface area contributed by atoms with Crippen LogP contribution in [0.25, 0.3) is 32.7 Å². The quantitative estimate of drug-likeness (QED) is 0.107. The Morgan fingerprint density at radius 2 is 0.979 bits per heavy atom. The van der Waals surface area contributed by atoms with Crippen molar-refractivity contribution in [3.05, 3.63) is 109 Å². The van der Waals surface area contributed by atoms with E-state index in [2.05, 4.69) is 20.5 Å². The standard InChI is InChI=1S/C32H23N5O7S2.2Na/c33-31-25-7-3-1-5-23(25)29(45(39,40)41)17-27(31)36-34-21-13-9-19(10-14-21)20-11-15-22(16-12-20)35-37-28-18-30(46(42,43)44)24-6-2-4-8-26(24)32(28)38;;/h1-18,38H,33H2,(H,39,40,41)(H,42,43,44);;/q;2*+1/p-2. The van der Waals surface area contributed by atoms with Crippen LogP contribution in [0.15, 0.2) is 139 Å². The summed E-state index contributed by atoms with van der Waals surface area (Å²) in [7, 11) is -9.41. The Morgan fingerprint density at radius 3 is 1.46 bits per heavy atom. The zero-order chi connectivity index (χ0) is 32.6. The van der Waals surface area contributed by atoms with Crippen molar-refractivity contribution in [3.63, 3.8) is 0 Å². The van der Waals surface area contributed by atoms with Crippen molar-refractivity contribution in [2.75, 3.05) is 5.73 Å². The average molecular weight is 698 g/mol. The first kappa shape index (κ1) is 37.3. The molecule has 0 aromatic heterocycles. The molecule has 0 aliphatic carbocycles. The molecule has 6 aromatic rings. The Kier molecular flexibility index (Phi) is 11.6. The second-order valence-corrected chi connectivity index (χ2v) is 12.8. The van der Waals surface area contributed by atoms with E-state index < -0.39 is 35.8 Å². The Labute approximate surface area is 319 Å². The first-order valence-corrected chi connectivity index (χ1v) is 16.3. The molecule has 0 saturated carbocycles. The second kappa shape index (κ2) is 14.9. The number of nitrogens with two attached hydrogens (primary N) is 1. The Bertz CT molecular complexity index is 2270. The van der Waals surface area contributed by atoms with E-state index >= 15 is 0 Å². The van der Waals surface area contributed by atoms with Crippen LogP contribution >= 0.6 is 0 Å². The number of fused-ring (bicyclic) bond motifs is 2. The number of hydrogen-bond acceptors (Lipinski definition) is 11. The molecule has 0 fully saturated rings. The van der Waals surface area contributed by atoms with Gasteiger partial charge in [0.2, 0.25) is 0 Å². The van der Waals surface area contributed by atoms with E-state index in [1.807, 2.05) is 0 Å². The maximum absolute atomic E-state index is 12.9. The van der Waals surface area contributed by atoms with Gasteiger partial charge in [-0.25, -0.2) is 8.42 Å². The molecule has 0 atom stereocenters. The SMILES string of the molecule is Nc1c(N=Nc2ccc(-c3ccc(N=Nc4cc(S(=O)(=O)O)c5ccccc5c4[O-])cc3)cc2)cc(S(=O)(=O)[O-])c2ccccc12.[Na+].[Na+]. The number of nitrogens with zero attached hydrogens (tertiary/aromatic N) is 4. The molecular weight excluding hydrogens is 676 g/mol. The summed E-state index contributed by atoms with van der Waals surface area (Å²) in [5.41, 5.74) is 8.67. The number of azo groups is 2. The van der Waals surface area contributed by atoms with Gasteiger partial charge in [0.25, 0.3) is 10.1 Å². The first-order valence-electron chi connectivity index (χ1n) is 13.4. The fourth-order valence-electron chi connectivity index (χ4n) is 4.89. The van der Waals surface area contributed by atoms with Crippen molar-refractivity contribution in [1.82, 2.24) is 0 Å². The molecule has 0 heterocycles. The number of rotatable bonds is 7. The molecule has 0 saturated heterocycles. The van der Waals surface area contributed by atoms with Gasteiger partial charge in [-0.05, 0) is 52.9 Å². The molecule has 6 rings (SSSR count). The van der Waals surface area contributed by atoms with Gasteiger partial charge in [-0.2, -0.15) is 23.8 Å². The van der Waals surface area contributed by atoms with Gasteiger partial charge >= 0.3 is 59.1 Å². The van der Waals surface area contributed by atoms with Crippen LogP contribution in [0.4, 0.5) is 28.4 Å². The van der Waals surface area contributed by atoms with Gasteiger partial charge in [0, 0.05) is 16.2 Å². The van der Waals surface area contributed by atoms with Gasteiger partial charge in [0.1, 0.15) is 20.7 Å². The molecule has 3 N–H and O–H groups in total. The van der Waals surface area contributed by atoms with E-state index in [0.29, 0.717) is 16.8 Å². The Balaban J connectivity index is 0.00000260. The van der Waals surface area contributed by atoms with Gasteiger partial charge in [-0.1, -0.05) is 78.5 Å². The summed E-state index contributed by atoms with van der Waals surface area (Å²) in [5.74, 6) is -0.528. The molecule has 12 nitrogen and oxygen atoms in total. The molecule has 0 bridgehead atoms. The molecule has 230 valence electrons. The summed E-state index contributed by atoms with van der Waals surface area (Å²) in [6, 6.07) is 28.3. The maximum atomic E-state index is 12.9. The minimum absolute atomic E-state index is 0. The molecule has 0 spiro atoms. The number of hydrogen-bond donors (Lipinski definition) is 2. The number of anilines is 1. The fourth-order valence-corrected chi connectivity index (χ4v) is 6.31. The summed E-state index contributed by atoms with van der Waals surface area (Å²) in [5, 5.41) is 29.9. The minimum Gasteiger partial charge on any atom is -0.871 e. The number of benzene rings is 6. The maximum Gasteiger partial charge on any atom is 1.00 e. The summed E-state index contributed by atoms with van der Waals surface area (Å²) in [6.45, 7) is 0. The van der Waals surface area contributed by atoms with Crippen molar-refractivity contribution >= 4 is 70.2 Å². The zero-order valence-electron chi connectivity index (χ0n) is 25.5. The van der Waals surface area contributed by atoms with Crippen LogP contribution in [0.2, 0.25) is 0 Å². The normalized spacial score (nSPS) is 12.0. The predicted molar refractivity (Wildman–Crippen MR) is 170 cm³/mol. The summed E-state index contributed by atoms with van der Waals surface area (Å²) >= 11 is 0. The minimum atomic E-state index is -4.79. The van der Waals surface area contributed by atoms with Gasteiger partial charge in [0.15, 0.2) is 0 Å². The van der Waals surface area contributed by atoms with Crippen LogP contribution in [0.5, 0.6) is 5.75 Å². The smallest absolute Gasteiger partial charge is 0.871 e. The van der Waals surface area contributed by atoms with Gasteiger partial charge in [-0.3, -0.25) is 4.55 Å². The van der Waals surface area contributed by atoms with Crippen LogP contribution in [0.3, 0.4) is 0 Å². The first-order chi connectivity index (χ1) is 21.9. The van der Waals surface area contributed by atoms with Crippen LogP contribution in [-0.4, -0.2) is 25.9 Å². The van der Waals surface area contributed by atoms with Crippen LogP contribution < -0.4 is 70.0 Å². The Hall–Kier alpha value is -3.54. The molecule has 0 aliphatic heterocycles. The van der Waals surface area contributed by atoms with E-state index in [4.69, 9.17) is 5.73 Å². The zero-order valence-corrected chi connectivity index (χ0v) is 31.1.